The van der Waals surface area contributed by atoms with Gasteiger partial charge in [-0.05, 0) is 50.5 Å². The second kappa shape index (κ2) is 8.88. The minimum absolute atomic E-state index is 0.0534. The highest BCUT2D eigenvalue weighted by Crippen LogP contribution is 2.35. The average molecular weight is 394 g/mol. The third-order valence-corrected chi connectivity index (χ3v) is 5.53. The fourth-order valence-electron chi connectivity index (χ4n) is 2.96. The van der Waals surface area contributed by atoms with Crippen LogP contribution in [0.1, 0.15) is 32.3 Å². The molecule has 140 valence electrons. The van der Waals surface area contributed by atoms with Gasteiger partial charge in [-0.25, -0.2) is 0 Å². The second-order valence-corrected chi connectivity index (χ2v) is 7.68. The number of nitrogens with zero attached hydrogens (tertiary/aromatic N) is 1. The lowest BCUT2D eigenvalue weighted by Crippen LogP contribution is -2.35. The summed E-state index contributed by atoms with van der Waals surface area (Å²) in [6.45, 7) is 6.28. The summed E-state index contributed by atoms with van der Waals surface area (Å²) in [5.74, 6) is 1.33. The van der Waals surface area contributed by atoms with Crippen molar-refractivity contribution < 1.29 is 19.0 Å². The van der Waals surface area contributed by atoms with Crippen LogP contribution in [0.2, 0.25) is 0 Å². The van der Waals surface area contributed by atoms with Gasteiger partial charge in [0.1, 0.15) is 4.32 Å². The summed E-state index contributed by atoms with van der Waals surface area (Å²) < 4.78 is 17.5. The van der Waals surface area contributed by atoms with E-state index in [4.69, 9.17) is 26.4 Å². The van der Waals surface area contributed by atoms with E-state index in [1.165, 1.54) is 11.8 Å². The van der Waals surface area contributed by atoms with Crippen molar-refractivity contribution in [3.05, 3.63) is 28.7 Å². The van der Waals surface area contributed by atoms with Crippen molar-refractivity contribution in [3.8, 4) is 11.5 Å². The van der Waals surface area contributed by atoms with E-state index in [1.807, 2.05) is 38.1 Å². The van der Waals surface area contributed by atoms with Gasteiger partial charge in [-0.3, -0.25) is 9.69 Å². The number of carbonyl (C=O) groups excluding carboxylic acids is 1. The van der Waals surface area contributed by atoms with Crippen molar-refractivity contribution in [2.75, 3.05) is 26.4 Å². The third kappa shape index (κ3) is 4.39. The smallest absolute Gasteiger partial charge is 0.266 e. The van der Waals surface area contributed by atoms with Gasteiger partial charge in [-0.1, -0.05) is 30.0 Å². The van der Waals surface area contributed by atoms with Crippen LogP contribution < -0.4 is 9.47 Å². The summed E-state index contributed by atoms with van der Waals surface area (Å²) in [7, 11) is 0. The van der Waals surface area contributed by atoms with Crippen LogP contribution in [-0.4, -0.2) is 47.6 Å². The summed E-state index contributed by atoms with van der Waals surface area (Å²) in [4.78, 5) is 15.0. The van der Waals surface area contributed by atoms with Crippen LogP contribution in [0.15, 0.2) is 23.1 Å². The monoisotopic (exact) mass is 393 g/mol. The number of thiocarbonyl (C=S) groups is 1. The number of amides is 1. The molecule has 2 aliphatic rings. The maximum absolute atomic E-state index is 12.7. The molecule has 0 saturated carbocycles. The summed E-state index contributed by atoms with van der Waals surface area (Å²) in [6, 6.07) is 5.68. The van der Waals surface area contributed by atoms with Gasteiger partial charge in [0.2, 0.25) is 0 Å². The standard InChI is InChI=1S/C19H23NO4S2/c1-3-22-15-8-7-13(10-16(15)23-4-2)11-17-18(21)20(19(25)26-17)12-14-6-5-9-24-14/h7-8,10-11,14H,3-6,9,12H2,1-2H3/b17-11-/t14-/m1/s1. The zero-order valence-corrected chi connectivity index (χ0v) is 16.7. The lowest BCUT2D eigenvalue weighted by Gasteiger charge is -2.18. The van der Waals surface area contributed by atoms with E-state index in [0.29, 0.717) is 40.5 Å². The van der Waals surface area contributed by atoms with Gasteiger partial charge in [0, 0.05) is 6.61 Å². The number of rotatable bonds is 7. The molecular formula is C19H23NO4S2. The summed E-state index contributed by atoms with van der Waals surface area (Å²) in [5, 5.41) is 0. The molecule has 2 saturated heterocycles. The molecule has 2 fully saturated rings. The summed E-state index contributed by atoms with van der Waals surface area (Å²) >= 11 is 6.73. The van der Waals surface area contributed by atoms with Crippen molar-refractivity contribution in [2.45, 2.75) is 32.8 Å². The topological polar surface area (TPSA) is 48.0 Å². The highest BCUT2D eigenvalue weighted by atomic mass is 32.2. The molecule has 1 atom stereocenters. The van der Waals surface area contributed by atoms with Crippen molar-refractivity contribution >= 4 is 40.3 Å². The maximum atomic E-state index is 12.7. The number of hydrogen-bond donors (Lipinski definition) is 0. The minimum atomic E-state index is -0.0534. The molecule has 5 nitrogen and oxygen atoms in total. The van der Waals surface area contributed by atoms with E-state index in [9.17, 15) is 4.79 Å². The highest BCUT2D eigenvalue weighted by molar-refractivity contribution is 8.26. The molecule has 7 heteroatoms. The lowest BCUT2D eigenvalue weighted by molar-refractivity contribution is -0.123. The molecule has 1 aromatic carbocycles. The SMILES string of the molecule is CCOc1ccc(/C=C2\SC(=S)N(C[C@H]3CCCO3)C2=O)cc1OCC. The van der Waals surface area contributed by atoms with E-state index in [2.05, 4.69) is 0 Å². The van der Waals surface area contributed by atoms with Gasteiger partial charge >= 0.3 is 0 Å². The van der Waals surface area contributed by atoms with Crippen LogP contribution in [0.4, 0.5) is 0 Å². The zero-order chi connectivity index (χ0) is 18.5. The van der Waals surface area contributed by atoms with Crippen molar-refractivity contribution in [3.63, 3.8) is 0 Å². The van der Waals surface area contributed by atoms with E-state index < -0.39 is 0 Å². The first-order valence-electron chi connectivity index (χ1n) is 8.89. The van der Waals surface area contributed by atoms with Gasteiger partial charge in [-0.2, -0.15) is 0 Å². The van der Waals surface area contributed by atoms with Crippen LogP contribution in [0.25, 0.3) is 6.08 Å². The Bertz CT molecular complexity index is 713. The van der Waals surface area contributed by atoms with Gasteiger partial charge in [0.15, 0.2) is 11.5 Å². The van der Waals surface area contributed by atoms with Crippen molar-refractivity contribution in [1.82, 2.24) is 4.90 Å². The zero-order valence-electron chi connectivity index (χ0n) is 15.0. The first-order valence-corrected chi connectivity index (χ1v) is 10.1. The molecule has 0 bridgehead atoms. The first-order chi connectivity index (χ1) is 12.6. The van der Waals surface area contributed by atoms with Gasteiger partial charge in [-0.15, -0.1) is 0 Å². The highest BCUT2D eigenvalue weighted by Gasteiger charge is 2.34. The first kappa shape index (κ1) is 19.2. The summed E-state index contributed by atoms with van der Waals surface area (Å²) in [6.07, 6.45) is 3.97. The van der Waals surface area contributed by atoms with Crippen LogP contribution >= 0.6 is 24.0 Å². The normalized spacial score (nSPS) is 21.7. The Morgan fingerprint density at radius 1 is 1.31 bits per heavy atom. The molecule has 0 aliphatic carbocycles. The number of ether oxygens (including phenoxy) is 3. The predicted octanol–water partition coefficient (Wildman–Crippen LogP) is 3.86. The summed E-state index contributed by atoms with van der Waals surface area (Å²) in [5.41, 5.74) is 0.884. The predicted molar refractivity (Wildman–Crippen MR) is 108 cm³/mol. The molecule has 26 heavy (non-hydrogen) atoms. The molecule has 0 aromatic heterocycles. The van der Waals surface area contributed by atoms with E-state index in [1.54, 1.807) is 4.90 Å². The quantitative estimate of drug-likeness (QED) is 0.518. The molecule has 1 aromatic rings. The Morgan fingerprint density at radius 2 is 2.08 bits per heavy atom. The molecule has 2 aliphatic heterocycles. The van der Waals surface area contributed by atoms with Crippen LogP contribution in [-0.2, 0) is 9.53 Å². The third-order valence-electron chi connectivity index (χ3n) is 4.15. The lowest BCUT2D eigenvalue weighted by atomic mass is 10.1. The fourth-order valence-corrected chi connectivity index (χ4v) is 4.23. The second-order valence-electron chi connectivity index (χ2n) is 6.00. The number of benzene rings is 1. The van der Waals surface area contributed by atoms with Gasteiger partial charge in [0.25, 0.3) is 5.91 Å². The van der Waals surface area contributed by atoms with Crippen LogP contribution in [0.5, 0.6) is 11.5 Å². The Balaban J connectivity index is 1.77. The van der Waals surface area contributed by atoms with E-state index in [0.717, 1.165) is 25.0 Å². The molecular weight excluding hydrogens is 370 g/mol. The Labute approximate surface area is 163 Å². The van der Waals surface area contributed by atoms with Crippen molar-refractivity contribution in [1.29, 1.82) is 0 Å². The largest absolute Gasteiger partial charge is 0.490 e. The molecule has 3 rings (SSSR count). The maximum Gasteiger partial charge on any atom is 0.266 e. The fraction of sp³-hybridized carbons (Fsp3) is 0.474. The van der Waals surface area contributed by atoms with Crippen LogP contribution in [0.3, 0.4) is 0 Å². The number of thioether (sulfide) groups is 1. The van der Waals surface area contributed by atoms with Crippen LogP contribution in [0, 0.1) is 0 Å². The molecule has 0 N–H and O–H groups in total. The van der Waals surface area contributed by atoms with Gasteiger partial charge < -0.3 is 14.2 Å². The van der Waals surface area contributed by atoms with E-state index >= 15 is 0 Å². The average Bonchev–Trinajstić information content (AvgIpc) is 3.22. The molecule has 1 amide bonds. The Hall–Kier alpha value is -1.57. The Morgan fingerprint density at radius 3 is 2.77 bits per heavy atom. The van der Waals surface area contributed by atoms with Gasteiger partial charge in [0.05, 0.1) is 30.8 Å². The Kier molecular flexibility index (Phi) is 6.56. The molecule has 0 radical (unpaired) electrons. The molecule has 2 heterocycles. The molecule has 0 spiro atoms. The minimum Gasteiger partial charge on any atom is -0.490 e. The van der Waals surface area contributed by atoms with E-state index in [-0.39, 0.29) is 12.0 Å². The van der Waals surface area contributed by atoms with Crippen molar-refractivity contribution in [2.24, 2.45) is 0 Å². The number of carbonyl (C=O) groups is 1. The number of hydrogen-bond acceptors (Lipinski definition) is 6. The molecule has 0 unspecified atom stereocenters.